The number of hydrogen-bond acceptors (Lipinski definition) is 6. The maximum atomic E-state index is 12.1. The molecule has 0 spiro atoms. The summed E-state index contributed by atoms with van der Waals surface area (Å²) in [6, 6.07) is 3.12. The van der Waals surface area contributed by atoms with Crippen molar-refractivity contribution in [3.05, 3.63) is 17.7 Å². The van der Waals surface area contributed by atoms with Crippen LogP contribution in [0.15, 0.2) is 12.1 Å². The zero-order valence-electron chi connectivity index (χ0n) is 13.2. The molecule has 118 valence electrons. The van der Waals surface area contributed by atoms with Crippen molar-refractivity contribution in [2.45, 2.75) is 26.4 Å². The third-order valence-corrected chi connectivity index (χ3v) is 2.64. The second kappa shape index (κ2) is 7.17. The van der Waals surface area contributed by atoms with Crippen molar-refractivity contribution in [2.75, 3.05) is 33.2 Å². The van der Waals surface area contributed by atoms with E-state index in [0.717, 1.165) is 0 Å². The molecular weight excluding hydrogens is 274 g/mol. The average molecular weight is 297 g/mol. The van der Waals surface area contributed by atoms with Gasteiger partial charge in [-0.1, -0.05) is 0 Å². The lowest BCUT2D eigenvalue weighted by Gasteiger charge is -2.19. The summed E-state index contributed by atoms with van der Waals surface area (Å²) in [5.41, 5.74) is 6.04. The molecule has 0 radical (unpaired) electrons. The van der Waals surface area contributed by atoms with Gasteiger partial charge in [-0.25, -0.2) is 4.79 Å². The first-order chi connectivity index (χ1) is 9.78. The van der Waals surface area contributed by atoms with E-state index in [1.165, 1.54) is 20.3 Å². The summed E-state index contributed by atoms with van der Waals surface area (Å²) in [4.78, 5) is 12.1. The largest absolute Gasteiger partial charge is 0.497 e. The van der Waals surface area contributed by atoms with E-state index in [1.807, 2.05) is 20.8 Å². The van der Waals surface area contributed by atoms with Crippen LogP contribution >= 0.6 is 0 Å². The van der Waals surface area contributed by atoms with Crippen LogP contribution in [0.5, 0.6) is 11.5 Å². The number of methoxy groups -OCH3 is 2. The van der Waals surface area contributed by atoms with Gasteiger partial charge in [0, 0.05) is 6.07 Å². The standard InChI is InChI=1S/C15H23NO5/c1-15(2,3)21-7-6-20-14(17)11-8-10(18-4)9-12(19-5)13(11)16/h8-9H,6-7,16H2,1-5H3. The van der Waals surface area contributed by atoms with E-state index in [9.17, 15) is 4.79 Å². The number of anilines is 1. The number of hydrogen-bond donors (Lipinski definition) is 1. The van der Waals surface area contributed by atoms with Gasteiger partial charge in [0.2, 0.25) is 0 Å². The fourth-order valence-electron chi connectivity index (χ4n) is 1.62. The van der Waals surface area contributed by atoms with Crippen molar-refractivity contribution in [3.8, 4) is 11.5 Å². The Kier molecular flexibility index (Phi) is 5.84. The summed E-state index contributed by atoms with van der Waals surface area (Å²) in [6.07, 6.45) is 0. The Hall–Kier alpha value is -1.95. The highest BCUT2D eigenvalue weighted by molar-refractivity contribution is 5.97. The molecule has 0 bridgehead atoms. The normalized spacial score (nSPS) is 11.1. The monoisotopic (exact) mass is 297 g/mol. The minimum absolute atomic E-state index is 0.148. The lowest BCUT2D eigenvalue weighted by Crippen LogP contribution is -2.22. The van der Waals surface area contributed by atoms with E-state index in [4.69, 9.17) is 24.7 Å². The maximum absolute atomic E-state index is 12.1. The van der Waals surface area contributed by atoms with Crippen LogP contribution in [0.4, 0.5) is 5.69 Å². The Morgan fingerprint density at radius 2 is 1.81 bits per heavy atom. The summed E-state index contributed by atoms with van der Waals surface area (Å²) in [5.74, 6) is 0.299. The fraction of sp³-hybridized carbons (Fsp3) is 0.533. The SMILES string of the molecule is COc1cc(OC)c(N)c(C(=O)OCCOC(C)(C)C)c1. The molecule has 0 atom stereocenters. The summed E-state index contributed by atoms with van der Waals surface area (Å²) in [6.45, 7) is 6.25. The highest BCUT2D eigenvalue weighted by atomic mass is 16.6. The van der Waals surface area contributed by atoms with Crippen LogP contribution in [0.25, 0.3) is 0 Å². The average Bonchev–Trinajstić information content (AvgIpc) is 2.42. The number of nitrogen functional groups attached to an aromatic ring is 1. The topological polar surface area (TPSA) is 80.0 Å². The van der Waals surface area contributed by atoms with Gasteiger partial charge in [-0.15, -0.1) is 0 Å². The predicted molar refractivity (Wildman–Crippen MR) is 79.9 cm³/mol. The van der Waals surface area contributed by atoms with Crippen molar-refractivity contribution < 1.29 is 23.7 Å². The van der Waals surface area contributed by atoms with Gasteiger partial charge in [0.1, 0.15) is 18.1 Å². The van der Waals surface area contributed by atoms with Crippen LogP contribution in [-0.4, -0.2) is 39.0 Å². The van der Waals surface area contributed by atoms with Gasteiger partial charge in [-0.2, -0.15) is 0 Å². The molecule has 2 N–H and O–H groups in total. The lowest BCUT2D eigenvalue weighted by molar-refractivity contribution is -0.0281. The van der Waals surface area contributed by atoms with E-state index in [-0.39, 0.29) is 23.5 Å². The molecule has 0 amide bonds. The highest BCUT2D eigenvalue weighted by Crippen LogP contribution is 2.31. The number of ether oxygens (including phenoxy) is 4. The van der Waals surface area contributed by atoms with Crippen LogP contribution < -0.4 is 15.2 Å². The number of nitrogens with two attached hydrogens (primary N) is 1. The molecule has 0 aliphatic heterocycles. The second-order valence-electron chi connectivity index (χ2n) is 5.39. The molecule has 1 aromatic rings. The van der Waals surface area contributed by atoms with Crippen molar-refractivity contribution in [1.82, 2.24) is 0 Å². The first kappa shape index (κ1) is 17.1. The second-order valence-corrected chi connectivity index (χ2v) is 5.39. The Morgan fingerprint density at radius 1 is 1.14 bits per heavy atom. The quantitative estimate of drug-likeness (QED) is 0.493. The smallest absolute Gasteiger partial charge is 0.340 e. The van der Waals surface area contributed by atoms with Gasteiger partial charge in [-0.3, -0.25) is 0 Å². The first-order valence-electron chi connectivity index (χ1n) is 6.61. The van der Waals surface area contributed by atoms with E-state index >= 15 is 0 Å². The molecule has 0 fully saturated rings. The van der Waals surface area contributed by atoms with E-state index < -0.39 is 5.97 Å². The zero-order valence-corrected chi connectivity index (χ0v) is 13.2. The molecule has 1 aromatic carbocycles. The number of benzene rings is 1. The van der Waals surface area contributed by atoms with Gasteiger partial charge in [0.15, 0.2) is 0 Å². The minimum Gasteiger partial charge on any atom is -0.497 e. The third-order valence-electron chi connectivity index (χ3n) is 2.64. The van der Waals surface area contributed by atoms with E-state index in [2.05, 4.69) is 0 Å². The Labute approximate surface area is 125 Å². The molecule has 0 saturated carbocycles. The summed E-state index contributed by atoms with van der Waals surface area (Å²) in [7, 11) is 2.97. The molecule has 1 rings (SSSR count). The third kappa shape index (κ3) is 5.15. The molecule has 0 aromatic heterocycles. The maximum Gasteiger partial charge on any atom is 0.340 e. The van der Waals surface area contributed by atoms with Crippen molar-refractivity contribution in [1.29, 1.82) is 0 Å². The van der Waals surface area contributed by atoms with Gasteiger partial charge in [0.25, 0.3) is 0 Å². The fourth-order valence-corrected chi connectivity index (χ4v) is 1.62. The number of rotatable bonds is 6. The van der Waals surface area contributed by atoms with Crippen molar-refractivity contribution in [3.63, 3.8) is 0 Å². The van der Waals surface area contributed by atoms with Crippen LogP contribution in [0, 0.1) is 0 Å². The molecule has 0 heterocycles. The molecule has 6 nitrogen and oxygen atoms in total. The van der Waals surface area contributed by atoms with Crippen LogP contribution in [-0.2, 0) is 9.47 Å². The minimum atomic E-state index is -0.540. The van der Waals surface area contributed by atoms with Gasteiger partial charge < -0.3 is 24.7 Å². The zero-order chi connectivity index (χ0) is 16.0. The molecular formula is C15H23NO5. The molecule has 0 aliphatic carbocycles. The number of carbonyl (C=O) groups is 1. The van der Waals surface area contributed by atoms with Crippen molar-refractivity contribution in [2.24, 2.45) is 0 Å². The number of carbonyl (C=O) groups excluding carboxylic acids is 1. The summed E-state index contributed by atoms with van der Waals surface area (Å²) < 4.78 is 20.8. The highest BCUT2D eigenvalue weighted by Gasteiger charge is 2.17. The molecule has 0 unspecified atom stereocenters. The Balaban J connectivity index is 2.73. The Morgan fingerprint density at radius 3 is 2.33 bits per heavy atom. The lowest BCUT2D eigenvalue weighted by atomic mass is 10.1. The Bertz CT molecular complexity index is 494. The van der Waals surface area contributed by atoms with E-state index in [0.29, 0.717) is 18.1 Å². The van der Waals surface area contributed by atoms with Gasteiger partial charge in [-0.05, 0) is 26.8 Å². The van der Waals surface area contributed by atoms with Crippen LogP contribution in [0.3, 0.4) is 0 Å². The predicted octanol–water partition coefficient (Wildman–Crippen LogP) is 2.26. The summed E-state index contributed by atoms with van der Waals surface area (Å²) >= 11 is 0. The first-order valence-corrected chi connectivity index (χ1v) is 6.61. The molecule has 6 heteroatoms. The van der Waals surface area contributed by atoms with Gasteiger partial charge >= 0.3 is 5.97 Å². The van der Waals surface area contributed by atoms with Crippen LogP contribution in [0.2, 0.25) is 0 Å². The van der Waals surface area contributed by atoms with Crippen molar-refractivity contribution >= 4 is 11.7 Å². The summed E-state index contributed by atoms with van der Waals surface area (Å²) in [5, 5.41) is 0. The van der Waals surface area contributed by atoms with Gasteiger partial charge in [0.05, 0.1) is 37.7 Å². The molecule has 21 heavy (non-hydrogen) atoms. The van der Waals surface area contributed by atoms with E-state index in [1.54, 1.807) is 6.07 Å². The molecule has 0 saturated heterocycles. The molecule has 0 aliphatic rings. The number of esters is 1. The van der Waals surface area contributed by atoms with Crippen LogP contribution in [0.1, 0.15) is 31.1 Å².